The Hall–Kier alpha value is -0.490. The molecule has 1 N–H and O–H groups in total. The van der Waals surface area contributed by atoms with Gasteiger partial charge in [-0.1, -0.05) is 0 Å². The van der Waals surface area contributed by atoms with E-state index >= 15 is 0 Å². The van der Waals surface area contributed by atoms with Crippen LogP contribution in [0.5, 0.6) is 0 Å². The first-order valence-corrected chi connectivity index (χ1v) is 8.61. The molecule has 5 heteroatoms. The van der Waals surface area contributed by atoms with Crippen LogP contribution in [0.1, 0.15) is 55.1 Å². The molecule has 1 heterocycles. The molecule has 0 saturated heterocycles. The number of nitrogens with one attached hydrogen (secondary N) is 1. The minimum absolute atomic E-state index is 0.147. The maximum atomic E-state index is 5.54. The van der Waals surface area contributed by atoms with Gasteiger partial charge in [-0.25, -0.2) is 4.98 Å². The molecule has 0 radical (unpaired) electrons. The maximum absolute atomic E-state index is 5.54. The summed E-state index contributed by atoms with van der Waals surface area (Å²) in [5.41, 5.74) is 1.48. The van der Waals surface area contributed by atoms with Gasteiger partial charge in [-0.05, 0) is 33.6 Å². The molecule has 0 aromatic carbocycles. The van der Waals surface area contributed by atoms with Gasteiger partial charge in [0.15, 0.2) is 0 Å². The van der Waals surface area contributed by atoms with Gasteiger partial charge in [0.05, 0.1) is 30.5 Å². The molecule has 0 aliphatic heterocycles. The SMILES string of the molecule is COCCOCCc1nc(C2CC2)c(CNC(C)(C)C)s1. The van der Waals surface area contributed by atoms with Crippen molar-refractivity contribution in [2.45, 2.75) is 58.0 Å². The number of hydrogen-bond donors (Lipinski definition) is 1. The van der Waals surface area contributed by atoms with Gasteiger partial charge in [-0.2, -0.15) is 0 Å². The molecular weight excluding hydrogens is 284 g/mol. The normalized spacial score (nSPS) is 15.6. The predicted molar refractivity (Wildman–Crippen MR) is 87.1 cm³/mol. The monoisotopic (exact) mass is 312 g/mol. The van der Waals surface area contributed by atoms with Crippen LogP contribution >= 0.6 is 11.3 Å². The fourth-order valence-electron chi connectivity index (χ4n) is 2.07. The van der Waals surface area contributed by atoms with Gasteiger partial charge in [0.1, 0.15) is 0 Å². The Bertz CT molecular complexity index is 436. The molecule has 1 aromatic heterocycles. The summed E-state index contributed by atoms with van der Waals surface area (Å²) < 4.78 is 10.5. The van der Waals surface area contributed by atoms with Gasteiger partial charge in [0, 0.05) is 36.4 Å². The molecule has 0 amide bonds. The number of aromatic nitrogens is 1. The Labute approximate surface area is 132 Å². The number of thiazole rings is 1. The summed E-state index contributed by atoms with van der Waals surface area (Å²) in [6.07, 6.45) is 3.51. The number of hydrogen-bond acceptors (Lipinski definition) is 5. The molecule has 4 nitrogen and oxygen atoms in total. The van der Waals surface area contributed by atoms with Crippen LogP contribution in [0.2, 0.25) is 0 Å². The smallest absolute Gasteiger partial charge is 0.0954 e. The average molecular weight is 312 g/mol. The van der Waals surface area contributed by atoms with Gasteiger partial charge < -0.3 is 14.8 Å². The zero-order valence-corrected chi connectivity index (χ0v) is 14.5. The molecule has 0 spiro atoms. The van der Waals surface area contributed by atoms with E-state index in [0.29, 0.717) is 19.1 Å². The minimum Gasteiger partial charge on any atom is -0.382 e. The van der Waals surface area contributed by atoms with E-state index < -0.39 is 0 Å². The van der Waals surface area contributed by atoms with E-state index in [-0.39, 0.29) is 5.54 Å². The summed E-state index contributed by atoms with van der Waals surface area (Å²) in [7, 11) is 1.70. The van der Waals surface area contributed by atoms with Gasteiger partial charge in [-0.3, -0.25) is 0 Å². The number of nitrogens with zero attached hydrogens (tertiary/aromatic N) is 1. The zero-order chi connectivity index (χ0) is 15.3. The van der Waals surface area contributed by atoms with Crippen molar-refractivity contribution in [3.8, 4) is 0 Å². The molecule has 0 unspecified atom stereocenters. The van der Waals surface area contributed by atoms with Crippen LogP contribution in [0.3, 0.4) is 0 Å². The summed E-state index contributed by atoms with van der Waals surface area (Å²) >= 11 is 1.85. The highest BCUT2D eigenvalue weighted by Crippen LogP contribution is 2.42. The largest absolute Gasteiger partial charge is 0.382 e. The first kappa shape index (κ1) is 16.9. The summed E-state index contributed by atoms with van der Waals surface area (Å²) in [5, 5.41) is 4.79. The molecule has 0 bridgehead atoms. The second-order valence-corrected chi connectivity index (χ2v) is 7.82. The van der Waals surface area contributed by atoms with E-state index in [0.717, 1.165) is 19.6 Å². The highest BCUT2D eigenvalue weighted by molar-refractivity contribution is 7.11. The van der Waals surface area contributed by atoms with Crippen molar-refractivity contribution in [2.24, 2.45) is 0 Å². The van der Waals surface area contributed by atoms with Crippen molar-refractivity contribution in [2.75, 3.05) is 26.9 Å². The Morgan fingerprint density at radius 3 is 2.62 bits per heavy atom. The molecule has 1 aliphatic rings. The third-order valence-electron chi connectivity index (χ3n) is 3.41. The van der Waals surface area contributed by atoms with Crippen LogP contribution in [0, 0.1) is 0 Å². The Morgan fingerprint density at radius 1 is 1.24 bits per heavy atom. The van der Waals surface area contributed by atoms with Crippen molar-refractivity contribution < 1.29 is 9.47 Å². The van der Waals surface area contributed by atoms with Crippen molar-refractivity contribution in [1.82, 2.24) is 10.3 Å². The molecule has 1 aliphatic carbocycles. The number of ether oxygens (including phenoxy) is 2. The second-order valence-electron chi connectivity index (χ2n) is 6.65. The maximum Gasteiger partial charge on any atom is 0.0954 e. The first-order valence-electron chi connectivity index (χ1n) is 7.80. The summed E-state index contributed by atoms with van der Waals surface area (Å²) in [6, 6.07) is 0. The van der Waals surface area contributed by atoms with E-state index in [4.69, 9.17) is 14.5 Å². The molecular formula is C16H28N2O2S. The van der Waals surface area contributed by atoms with E-state index in [1.165, 1.54) is 28.4 Å². The summed E-state index contributed by atoms with van der Waals surface area (Å²) in [5.74, 6) is 0.709. The topological polar surface area (TPSA) is 43.4 Å². The summed E-state index contributed by atoms with van der Waals surface area (Å²) in [4.78, 5) is 6.27. The van der Waals surface area contributed by atoms with Gasteiger partial charge in [-0.15, -0.1) is 11.3 Å². The van der Waals surface area contributed by atoms with Crippen LogP contribution in [-0.2, 0) is 22.4 Å². The Morgan fingerprint density at radius 2 is 2.00 bits per heavy atom. The Kier molecular flexibility index (Phi) is 6.17. The third kappa shape index (κ3) is 6.02. The molecule has 1 fully saturated rings. The number of rotatable bonds is 9. The fraction of sp³-hybridized carbons (Fsp3) is 0.812. The zero-order valence-electron chi connectivity index (χ0n) is 13.7. The van der Waals surface area contributed by atoms with E-state index in [2.05, 4.69) is 26.1 Å². The van der Waals surface area contributed by atoms with Crippen molar-refractivity contribution in [3.63, 3.8) is 0 Å². The van der Waals surface area contributed by atoms with Crippen LogP contribution in [0.25, 0.3) is 0 Å². The fourth-order valence-corrected chi connectivity index (χ4v) is 3.15. The highest BCUT2D eigenvalue weighted by Gasteiger charge is 2.29. The highest BCUT2D eigenvalue weighted by atomic mass is 32.1. The predicted octanol–water partition coefficient (Wildman–Crippen LogP) is 3.11. The van der Waals surface area contributed by atoms with Crippen LogP contribution in [-0.4, -0.2) is 37.5 Å². The van der Waals surface area contributed by atoms with Gasteiger partial charge in [0.25, 0.3) is 0 Å². The molecule has 2 rings (SSSR count). The molecule has 21 heavy (non-hydrogen) atoms. The van der Waals surface area contributed by atoms with Crippen LogP contribution in [0.15, 0.2) is 0 Å². The van der Waals surface area contributed by atoms with E-state index in [1.807, 2.05) is 11.3 Å². The standard InChI is InChI=1S/C16H28N2O2S/c1-16(2,3)17-11-13-15(12-5-6-12)18-14(21-13)7-8-20-10-9-19-4/h12,17H,5-11H2,1-4H3. The molecule has 1 aromatic rings. The number of methoxy groups -OCH3 is 1. The molecule has 120 valence electrons. The van der Waals surface area contributed by atoms with Crippen molar-refractivity contribution >= 4 is 11.3 Å². The van der Waals surface area contributed by atoms with Crippen LogP contribution in [0.4, 0.5) is 0 Å². The van der Waals surface area contributed by atoms with Gasteiger partial charge >= 0.3 is 0 Å². The lowest BCUT2D eigenvalue weighted by atomic mass is 10.1. The van der Waals surface area contributed by atoms with E-state index in [9.17, 15) is 0 Å². The summed E-state index contributed by atoms with van der Waals surface area (Å²) in [6.45, 7) is 9.59. The third-order valence-corrected chi connectivity index (χ3v) is 4.54. The van der Waals surface area contributed by atoms with E-state index in [1.54, 1.807) is 7.11 Å². The molecule has 1 saturated carbocycles. The first-order chi connectivity index (χ1) is 9.99. The minimum atomic E-state index is 0.147. The second kappa shape index (κ2) is 7.68. The average Bonchev–Trinajstić information content (AvgIpc) is 3.17. The Balaban J connectivity index is 1.87. The lowest BCUT2D eigenvalue weighted by Gasteiger charge is -2.20. The van der Waals surface area contributed by atoms with Crippen molar-refractivity contribution in [1.29, 1.82) is 0 Å². The lowest BCUT2D eigenvalue weighted by Crippen LogP contribution is -2.35. The van der Waals surface area contributed by atoms with Crippen LogP contribution < -0.4 is 5.32 Å². The lowest BCUT2D eigenvalue weighted by molar-refractivity contribution is 0.0722. The van der Waals surface area contributed by atoms with Crippen molar-refractivity contribution in [3.05, 3.63) is 15.6 Å². The van der Waals surface area contributed by atoms with Gasteiger partial charge in [0.2, 0.25) is 0 Å². The quantitative estimate of drug-likeness (QED) is 0.712. The molecule has 0 atom stereocenters.